The third-order valence-electron chi connectivity index (χ3n) is 5.82. The van der Waals surface area contributed by atoms with Crippen LogP contribution >= 0.6 is 0 Å². The lowest BCUT2D eigenvalue weighted by Crippen LogP contribution is -2.40. The Kier molecular flexibility index (Phi) is 6.05. The highest BCUT2D eigenvalue weighted by Crippen LogP contribution is 2.34. The van der Waals surface area contributed by atoms with Crippen LogP contribution in [0.25, 0.3) is 27.5 Å². The number of anilines is 1. The summed E-state index contributed by atoms with van der Waals surface area (Å²) >= 11 is 0. The second-order valence-corrected chi connectivity index (χ2v) is 8.30. The molecule has 0 bridgehead atoms. The molecule has 0 unspecified atom stereocenters. The Morgan fingerprint density at radius 2 is 1.69 bits per heavy atom. The number of alkyl halides is 3. The van der Waals surface area contributed by atoms with Crippen LogP contribution in [-0.4, -0.2) is 33.0 Å². The molecule has 0 saturated heterocycles. The lowest BCUT2D eigenvalue weighted by molar-refractivity contribution is -0.137. The molecular weight excluding hydrogens is 473 g/mol. The van der Waals surface area contributed by atoms with Crippen LogP contribution in [0.4, 0.5) is 24.5 Å². The van der Waals surface area contributed by atoms with Gasteiger partial charge in [0, 0.05) is 26.8 Å². The zero-order valence-electron chi connectivity index (χ0n) is 19.8. The van der Waals surface area contributed by atoms with Crippen molar-refractivity contribution in [3.8, 4) is 22.6 Å². The number of hydrogen-bond acceptors (Lipinski definition) is 4. The first-order valence-corrected chi connectivity index (χ1v) is 10.7. The number of benzene rings is 2. The Morgan fingerprint density at radius 3 is 2.28 bits per heavy atom. The van der Waals surface area contributed by atoms with Gasteiger partial charge in [0.05, 0.1) is 41.0 Å². The van der Waals surface area contributed by atoms with Crippen LogP contribution in [0, 0.1) is 13.5 Å². The number of halogens is 3. The van der Waals surface area contributed by atoms with Gasteiger partial charge in [-0.2, -0.15) is 18.3 Å². The summed E-state index contributed by atoms with van der Waals surface area (Å²) in [6, 6.07) is 10.9. The first kappa shape index (κ1) is 24.5. The van der Waals surface area contributed by atoms with E-state index in [0.29, 0.717) is 22.8 Å². The van der Waals surface area contributed by atoms with Crippen molar-refractivity contribution in [2.24, 2.45) is 7.05 Å². The van der Waals surface area contributed by atoms with E-state index in [0.717, 1.165) is 21.3 Å². The van der Waals surface area contributed by atoms with Crippen molar-refractivity contribution in [1.29, 1.82) is 0 Å². The quantitative estimate of drug-likeness (QED) is 0.396. The van der Waals surface area contributed by atoms with Gasteiger partial charge >= 0.3 is 11.9 Å². The van der Waals surface area contributed by atoms with Crippen molar-refractivity contribution in [1.82, 2.24) is 18.9 Å². The topological polar surface area (TPSA) is 69.4 Å². The number of hydrogen-bond donors (Lipinski definition) is 0. The molecule has 4 aromatic rings. The highest BCUT2D eigenvalue weighted by molar-refractivity contribution is 5.78. The molecule has 2 heterocycles. The fourth-order valence-electron chi connectivity index (χ4n) is 3.98. The highest BCUT2D eigenvalue weighted by atomic mass is 19.4. The number of aromatic nitrogens is 4. The van der Waals surface area contributed by atoms with Crippen molar-refractivity contribution in [3.05, 3.63) is 98.2 Å². The van der Waals surface area contributed by atoms with E-state index in [4.69, 9.17) is 6.57 Å². The van der Waals surface area contributed by atoms with Crippen molar-refractivity contribution >= 4 is 11.4 Å². The van der Waals surface area contributed by atoms with Crippen LogP contribution in [0.1, 0.15) is 11.3 Å². The second kappa shape index (κ2) is 8.88. The van der Waals surface area contributed by atoms with E-state index < -0.39 is 23.0 Å². The fraction of sp³-hybridized carbons (Fsp3) is 0.200. The molecule has 0 saturated carbocycles. The third-order valence-corrected chi connectivity index (χ3v) is 5.82. The van der Waals surface area contributed by atoms with Gasteiger partial charge in [-0.3, -0.25) is 13.9 Å². The summed E-state index contributed by atoms with van der Waals surface area (Å²) < 4.78 is 43.6. The van der Waals surface area contributed by atoms with Crippen LogP contribution in [0.15, 0.2) is 64.3 Å². The van der Waals surface area contributed by atoms with E-state index in [1.807, 2.05) is 0 Å². The third kappa shape index (κ3) is 4.07. The Balaban J connectivity index is 2.07. The van der Waals surface area contributed by atoms with Gasteiger partial charge in [0.15, 0.2) is 5.69 Å². The van der Waals surface area contributed by atoms with E-state index in [-0.39, 0.29) is 16.9 Å². The smallest absolute Gasteiger partial charge is 0.375 e. The molecule has 11 heteroatoms. The van der Waals surface area contributed by atoms with Gasteiger partial charge < -0.3 is 4.90 Å². The van der Waals surface area contributed by atoms with Gasteiger partial charge in [0.2, 0.25) is 0 Å². The largest absolute Gasteiger partial charge is 0.416 e. The average Bonchev–Trinajstić information content (AvgIpc) is 3.27. The zero-order valence-corrected chi connectivity index (χ0v) is 19.8. The molecule has 0 N–H and O–H groups in total. The SMILES string of the molecule is [C-]#[N+]c1ccc(-n2ncc(N(C)C)c2-c2c(C)n(-c3cccc(C(F)(F)F)c3)c(=O)n(C)c2=O)cc1. The van der Waals surface area contributed by atoms with E-state index in [2.05, 4.69) is 9.94 Å². The van der Waals surface area contributed by atoms with E-state index in [1.54, 1.807) is 49.5 Å². The lowest BCUT2D eigenvalue weighted by atomic mass is 10.1. The Bertz CT molecular complexity index is 1620. The molecule has 4 rings (SSSR count). The maximum Gasteiger partial charge on any atom is 0.416 e. The average molecular weight is 494 g/mol. The summed E-state index contributed by atoms with van der Waals surface area (Å²) in [4.78, 5) is 31.7. The molecular formula is C25H21F3N6O2. The standard InChI is InChI=1S/C25H21F3N6O2/c1-15-21(22-20(31(3)4)14-30-34(22)18-11-9-17(29-2)10-12-18)23(35)32(5)24(36)33(15)19-8-6-7-16(13-19)25(26,27)28/h6-14H,1,3-5H3. The van der Waals surface area contributed by atoms with Gasteiger partial charge in [-0.1, -0.05) is 18.2 Å². The molecule has 0 atom stereocenters. The van der Waals surface area contributed by atoms with Gasteiger partial charge in [-0.25, -0.2) is 14.3 Å². The summed E-state index contributed by atoms with van der Waals surface area (Å²) in [5, 5.41) is 4.44. The first-order valence-electron chi connectivity index (χ1n) is 10.7. The Morgan fingerprint density at radius 1 is 1.03 bits per heavy atom. The molecule has 2 aromatic heterocycles. The lowest BCUT2D eigenvalue weighted by Gasteiger charge is -2.20. The predicted octanol–water partition coefficient (Wildman–Crippen LogP) is 4.33. The summed E-state index contributed by atoms with van der Waals surface area (Å²) in [7, 11) is 4.80. The summed E-state index contributed by atoms with van der Waals surface area (Å²) in [6.07, 6.45) is -3.05. The Labute approximate surface area is 203 Å². The normalized spacial score (nSPS) is 11.4. The summed E-state index contributed by atoms with van der Waals surface area (Å²) in [5.74, 6) is 0. The minimum Gasteiger partial charge on any atom is -0.375 e. The molecule has 8 nitrogen and oxygen atoms in total. The van der Waals surface area contributed by atoms with Gasteiger partial charge in [-0.15, -0.1) is 0 Å². The second-order valence-electron chi connectivity index (χ2n) is 8.30. The monoisotopic (exact) mass is 494 g/mol. The number of rotatable bonds is 4. The van der Waals surface area contributed by atoms with Crippen LogP contribution in [0.5, 0.6) is 0 Å². The minimum absolute atomic E-state index is 0.0250. The summed E-state index contributed by atoms with van der Waals surface area (Å²) in [5.41, 5.74) is -0.191. The van der Waals surface area contributed by atoms with E-state index in [9.17, 15) is 22.8 Å². The maximum absolute atomic E-state index is 13.4. The van der Waals surface area contributed by atoms with Crippen molar-refractivity contribution < 1.29 is 13.2 Å². The molecule has 2 aromatic carbocycles. The van der Waals surface area contributed by atoms with Crippen LogP contribution in [-0.2, 0) is 13.2 Å². The van der Waals surface area contributed by atoms with Gasteiger partial charge in [0.25, 0.3) is 5.56 Å². The molecule has 0 aliphatic carbocycles. The highest BCUT2D eigenvalue weighted by Gasteiger charge is 2.31. The van der Waals surface area contributed by atoms with Gasteiger partial charge in [-0.05, 0) is 37.3 Å². The fourth-order valence-corrected chi connectivity index (χ4v) is 3.98. The maximum atomic E-state index is 13.4. The summed E-state index contributed by atoms with van der Waals surface area (Å²) in [6.45, 7) is 8.68. The van der Waals surface area contributed by atoms with Crippen LogP contribution in [0.3, 0.4) is 0 Å². The molecule has 0 amide bonds. The molecule has 0 radical (unpaired) electrons. The van der Waals surface area contributed by atoms with Crippen molar-refractivity contribution in [3.63, 3.8) is 0 Å². The van der Waals surface area contributed by atoms with E-state index in [1.165, 1.54) is 30.8 Å². The molecule has 0 aliphatic heterocycles. The van der Waals surface area contributed by atoms with E-state index >= 15 is 0 Å². The number of nitrogens with zero attached hydrogens (tertiary/aromatic N) is 6. The predicted molar refractivity (Wildman–Crippen MR) is 130 cm³/mol. The van der Waals surface area contributed by atoms with Crippen molar-refractivity contribution in [2.45, 2.75) is 13.1 Å². The zero-order chi connectivity index (χ0) is 26.4. The first-order chi connectivity index (χ1) is 17.0. The molecule has 184 valence electrons. The van der Waals surface area contributed by atoms with Crippen molar-refractivity contribution in [2.75, 3.05) is 19.0 Å². The molecule has 36 heavy (non-hydrogen) atoms. The molecule has 0 fully saturated rings. The van der Waals surface area contributed by atoms with Crippen LogP contribution in [0.2, 0.25) is 0 Å². The Hall–Kier alpha value is -4.59. The van der Waals surface area contributed by atoms with Crippen LogP contribution < -0.4 is 16.1 Å². The molecule has 0 aliphatic rings. The van der Waals surface area contributed by atoms with Gasteiger partial charge in [0.1, 0.15) is 5.69 Å². The minimum atomic E-state index is -4.61. The molecule has 0 spiro atoms.